The van der Waals surface area contributed by atoms with Crippen molar-refractivity contribution < 1.29 is 19.5 Å². The number of benzene rings is 8. The molecule has 0 unspecified atom stereocenters. The number of hydrogen-bond donors (Lipinski definition) is 0. The van der Waals surface area contributed by atoms with E-state index in [9.17, 15) is 0 Å². The van der Waals surface area contributed by atoms with Crippen molar-refractivity contribution in [2.24, 2.45) is 0 Å². The summed E-state index contributed by atoms with van der Waals surface area (Å²) >= 11 is 0. The van der Waals surface area contributed by atoms with Gasteiger partial charge in [-0.05, 0) is 97.1 Å². The Balaban J connectivity index is 0.000000189. The molecule has 0 atom stereocenters. The average molecular weight is 904 g/mol. The summed E-state index contributed by atoms with van der Waals surface area (Å²) in [6.07, 6.45) is 5.04. The van der Waals surface area contributed by atoms with E-state index in [1.165, 1.54) is 67.1 Å². The van der Waals surface area contributed by atoms with Crippen LogP contribution in [-0.2, 0) is 19.5 Å². The zero-order valence-electron chi connectivity index (χ0n) is 32.3. The molecule has 57 heavy (non-hydrogen) atoms. The molecule has 0 spiro atoms. The van der Waals surface area contributed by atoms with Crippen LogP contribution in [0.1, 0.15) is 0 Å². The molecular formula is C52H52P4Rh+4. The monoisotopic (exact) mass is 903 g/mol. The Hall–Kier alpha value is -3.90. The van der Waals surface area contributed by atoms with Crippen molar-refractivity contribution in [2.45, 2.75) is 0 Å². The maximum Gasteiger partial charge on any atom is 0.101 e. The first kappa shape index (κ1) is 42.7. The molecule has 0 saturated carbocycles. The Kier molecular flexibility index (Phi) is 17.6. The van der Waals surface area contributed by atoms with E-state index in [0.717, 1.165) is 0 Å². The standard InChI is InChI=1S/2C26H24P2.Rh/c2*1-5-13-23(14-6-1)27(24-15-7-2-8-16-24)21-22-28(25-17-9-3-10-18-25)26-19-11-4-12-20-26;/h2*1-20H,21-22H2;/p+4. The van der Waals surface area contributed by atoms with Gasteiger partial charge in [-0.25, -0.2) is 0 Å². The van der Waals surface area contributed by atoms with E-state index in [4.69, 9.17) is 0 Å². The van der Waals surface area contributed by atoms with Crippen LogP contribution in [0, 0.1) is 0 Å². The minimum Gasteiger partial charge on any atom is -0.0620 e. The second-order valence-corrected chi connectivity index (χ2v) is 24.3. The van der Waals surface area contributed by atoms with Gasteiger partial charge in [0.2, 0.25) is 0 Å². The van der Waals surface area contributed by atoms with E-state index in [0.29, 0.717) is 0 Å². The van der Waals surface area contributed by atoms with E-state index in [1.807, 2.05) is 0 Å². The van der Waals surface area contributed by atoms with E-state index < -0.39 is 31.7 Å². The van der Waals surface area contributed by atoms with Crippen molar-refractivity contribution in [3.05, 3.63) is 243 Å². The fourth-order valence-corrected chi connectivity index (χ4v) is 19.8. The SMILES string of the molecule is [Rh].c1ccc([PH+](CC[PH+](c2ccccc2)c2ccccc2)c2ccccc2)cc1.c1ccc([PH+](CC[PH+](c2ccccc2)c2ccccc2)c2ccccc2)cc1. The molecule has 0 nitrogen and oxygen atoms in total. The molecule has 0 aliphatic heterocycles. The van der Waals surface area contributed by atoms with Gasteiger partial charge in [0.1, 0.15) is 24.6 Å². The summed E-state index contributed by atoms with van der Waals surface area (Å²) in [6, 6.07) is 89.0. The van der Waals surface area contributed by atoms with Crippen molar-refractivity contribution in [2.75, 3.05) is 24.6 Å². The van der Waals surface area contributed by atoms with Crippen LogP contribution >= 0.6 is 31.7 Å². The Bertz CT molecular complexity index is 1760. The zero-order valence-corrected chi connectivity index (χ0v) is 37.9. The van der Waals surface area contributed by atoms with E-state index >= 15 is 0 Å². The van der Waals surface area contributed by atoms with Crippen LogP contribution < -0.4 is 42.4 Å². The average Bonchev–Trinajstić information content (AvgIpc) is 3.29. The first-order valence-electron chi connectivity index (χ1n) is 19.7. The largest absolute Gasteiger partial charge is 0.101 e. The van der Waals surface area contributed by atoms with Gasteiger partial charge >= 0.3 is 0 Å². The molecule has 8 aromatic rings. The van der Waals surface area contributed by atoms with Gasteiger partial charge in [0.05, 0.1) is 74.1 Å². The first-order chi connectivity index (χ1) is 27.8. The van der Waals surface area contributed by atoms with Gasteiger partial charge in [0.25, 0.3) is 0 Å². The van der Waals surface area contributed by atoms with E-state index in [1.54, 1.807) is 0 Å². The van der Waals surface area contributed by atoms with Gasteiger partial charge in [-0.2, -0.15) is 0 Å². The van der Waals surface area contributed by atoms with Gasteiger partial charge < -0.3 is 0 Å². The zero-order chi connectivity index (χ0) is 38.0. The number of rotatable bonds is 14. The molecule has 1 radical (unpaired) electrons. The smallest absolute Gasteiger partial charge is 0.0620 e. The first-order valence-corrected chi connectivity index (χ1v) is 26.5. The topological polar surface area (TPSA) is 0 Å². The molecule has 0 heterocycles. The van der Waals surface area contributed by atoms with Gasteiger partial charge in [0, 0.05) is 19.5 Å². The second-order valence-electron chi connectivity index (χ2n) is 13.8. The maximum absolute atomic E-state index is 2.32. The van der Waals surface area contributed by atoms with Crippen molar-refractivity contribution in [1.29, 1.82) is 0 Å². The normalized spacial score (nSPS) is 10.9. The summed E-state index contributed by atoms with van der Waals surface area (Å²) in [5.41, 5.74) is 0. The molecular weight excluding hydrogens is 851 g/mol. The molecule has 285 valence electrons. The van der Waals surface area contributed by atoms with Crippen LogP contribution in [0.2, 0.25) is 0 Å². The van der Waals surface area contributed by atoms with Crippen molar-refractivity contribution in [3.63, 3.8) is 0 Å². The van der Waals surface area contributed by atoms with Crippen LogP contribution in [0.15, 0.2) is 243 Å². The van der Waals surface area contributed by atoms with Gasteiger partial charge in [0.15, 0.2) is 0 Å². The molecule has 5 heteroatoms. The Morgan fingerprint density at radius 3 is 0.386 bits per heavy atom. The molecule has 0 fully saturated rings. The molecule has 8 aromatic carbocycles. The molecule has 0 aromatic heterocycles. The third kappa shape index (κ3) is 12.5. The molecule has 8 rings (SSSR count). The van der Waals surface area contributed by atoms with Crippen molar-refractivity contribution >= 4 is 74.1 Å². The Morgan fingerprint density at radius 2 is 0.281 bits per heavy atom. The molecule has 0 bridgehead atoms. The second kappa shape index (κ2) is 23.5. The van der Waals surface area contributed by atoms with E-state index in [-0.39, 0.29) is 19.5 Å². The van der Waals surface area contributed by atoms with Crippen LogP contribution in [0.3, 0.4) is 0 Å². The van der Waals surface area contributed by atoms with Crippen LogP contribution in [0.4, 0.5) is 0 Å². The van der Waals surface area contributed by atoms with Crippen molar-refractivity contribution in [3.8, 4) is 0 Å². The minimum atomic E-state index is -0.783. The fourth-order valence-electron chi connectivity index (χ4n) is 7.44. The summed E-state index contributed by atoms with van der Waals surface area (Å²) in [6.45, 7) is 0. The predicted octanol–water partition coefficient (Wildman–Crippen LogP) is 9.43. The molecule has 0 saturated heterocycles. The molecule has 0 aliphatic carbocycles. The molecule has 0 aliphatic rings. The summed E-state index contributed by atoms with van der Waals surface area (Å²) in [7, 11) is -3.13. The van der Waals surface area contributed by atoms with Gasteiger partial charge in [-0.1, -0.05) is 146 Å². The molecule has 0 N–H and O–H groups in total. The van der Waals surface area contributed by atoms with Gasteiger partial charge in [-0.15, -0.1) is 0 Å². The summed E-state index contributed by atoms with van der Waals surface area (Å²) in [5, 5.41) is 12.1. The third-order valence-electron chi connectivity index (χ3n) is 10.2. The third-order valence-corrected chi connectivity index (χ3v) is 22.5. The summed E-state index contributed by atoms with van der Waals surface area (Å²) in [4.78, 5) is 0. The Morgan fingerprint density at radius 1 is 0.175 bits per heavy atom. The molecule has 0 amide bonds. The summed E-state index contributed by atoms with van der Waals surface area (Å²) in [5.74, 6) is 0. The van der Waals surface area contributed by atoms with Crippen LogP contribution in [0.25, 0.3) is 0 Å². The Labute approximate surface area is 358 Å². The maximum atomic E-state index is 2.32. The number of hydrogen-bond acceptors (Lipinski definition) is 0. The minimum absolute atomic E-state index is 0. The predicted molar refractivity (Wildman–Crippen MR) is 261 cm³/mol. The van der Waals surface area contributed by atoms with Crippen LogP contribution in [0.5, 0.6) is 0 Å². The van der Waals surface area contributed by atoms with Gasteiger partial charge in [-0.3, -0.25) is 0 Å². The van der Waals surface area contributed by atoms with Crippen molar-refractivity contribution in [1.82, 2.24) is 0 Å². The summed E-state index contributed by atoms with van der Waals surface area (Å²) < 4.78 is 0. The fraction of sp³-hybridized carbons (Fsp3) is 0.0769. The van der Waals surface area contributed by atoms with E-state index in [2.05, 4.69) is 243 Å². The van der Waals surface area contributed by atoms with Crippen LogP contribution in [-0.4, -0.2) is 24.6 Å². The quantitative estimate of drug-likeness (QED) is 0.0755.